The van der Waals surface area contributed by atoms with Crippen molar-refractivity contribution in [3.05, 3.63) is 33.5 Å². The number of hydrogen-bond acceptors (Lipinski definition) is 0. The van der Waals surface area contributed by atoms with Crippen LogP contribution in [0.2, 0.25) is 0 Å². The molecule has 0 radical (unpaired) electrons. The van der Waals surface area contributed by atoms with Crippen LogP contribution in [-0.4, -0.2) is 0 Å². The van der Waals surface area contributed by atoms with Gasteiger partial charge in [0.25, 0.3) is 0 Å². The summed E-state index contributed by atoms with van der Waals surface area (Å²) in [5.41, 5.74) is 2.22. The number of hydrogen-bond donors (Lipinski definition) is 0. The van der Waals surface area contributed by atoms with E-state index in [2.05, 4.69) is 29.8 Å². The molecule has 0 aliphatic rings. The van der Waals surface area contributed by atoms with Crippen molar-refractivity contribution in [2.75, 3.05) is 0 Å². The molecule has 0 heterocycles. The molecule has 12 heavy (non-hydrogen) atoms. The second-order valence-corrected chi connectivity index (χ2v) is 4.13. The smallest absolute Gasteiger partial charge is 0.137 e. The Kier molecular flexibility index (Phi) is 2.89. The van der Waals surface area contributed by atoms with E-state index in [4.69, 9.17) is 0 Å². The summed E-state index contributed by atoms with van der Waals surface area (Å²) in [5.74, 6) is 0.263. The van der Waals surface area contributed by atoms with Gasteiger partial charge in [0.05, 0.1) is 4.47 Å². The van der Waals surface area contributed by atoms with E-state index in [1.807, 2.05) is 13.0 Å². The van der Waals surface area contributed by atoms with Crippen molar-refractivity contribution in [1.29, 1.82) is 0 Å². The Morgan fingerprint density at radius 2 is 1.92 bits per heavy atom. The molecule has 0 fully saturated rings. The van der Waals surface area contributed by atoms with Crippen molar-refractivity contribution >= 4 is 15.9 Å². The lowest BCUT2D eigenvalue weighted by molar-refractivity contribution is 0.617. The van der Waals surface area contributed by atoms with E-state index >= 15 is 0 Å². The Morgan fingerprint density at radius 3 is 2.42 bits per heavy atom. The van der Waals surface area contributed by atoms with Crippen LogP contribution in [0.3, 0.4) is 0 Å². The topological polar surface area (TPSA) is 0 Å². The van der Waals surface area contributed by atoms with Gasteiger partial charge in [0.2, 0.25) is 0 Å². The molecule has 0 N–H and O–H groups in total. The van der Waals surface area contributed by atoms with Crippen molar-refractivity contribution in [1.82, 2.24) is 0 Å². The van der Waals surface area contributed by atoms with Crippen LogP contribution in [0.25, 0.3) is 0 Å². The largest absolute Gasteiger partial charge is 0.206 e. The lowest BCUT2D eigenvalue weighted by atomic mass is 9.98. The molecule has 0 saturated heterocycles. The summed E-state index contributed by atoms with van der Waals surface area (Å²) in [5, 5.41) is 0. The normalized spacial score (nSPS) is 10.8. The van der Waals surface area contributed by atoms with Crippen LogP contribution in [0.4, 0.5) is 4.39 Å². The molecule has 2 heteroatoms. The summed E-state index contributed by atoms with van der Waals surface area (Å²) < 4.78 is 13.5. The minimum Gasteiger partial charge on any atom is -0.206 e. The Balaban J connectivity index is 3.23. The van der Waals surface area contributed by atoms with Crippen LogP contribution in [0.15, 0.2) is 16.6 Å². The second kappa shape index (κ2) is 3.56. The van der Waals surface area contributed by atoms with Crippen molar-refractivity contribution in [3.8, 4) is 0 Å². The molecular weight excluding hydrogens is 219 g/mol. The lowest BCUT2D eigenvalue weighted by Crippen LogP contribution is -1.93. The Labute approximate surface area is 80.9 Å². The van der Waals surface area contributed by atoms with E-state index in [1.54, 1.807) is 6.07 Å². The van der Waals surface area contributed by atoms with Gasteiger partial charge >= 0.3 is 0 Å². The Morgan fingerprint density at radius 1 is 1.33 bits per heavy atom. The summed E-state index contributed by atoms with van der Waals surface area (Å²) in [6.07, 6.45) is 0. The number of benzene rings is 1. The van der Waals surface area contributed by atoms with Gasteiger partial charge in [0.1, 0.15) is 5.82 Å². The van der Waals surface area contributed by atoms with Crippen LogP contribution < -0.4 is 0 Å². The average Bonchev–Trinajstić information content (AvgIpc) is 1.96. The monoisotopic (exact) mass is 230 g/mol. The molecule has 0 atom stereocenters. The molecule has 0 bridgehead atoms. The third-order valence-corrected chi connectivity index (χ3v) is 2.54. The van der Waals surface area contributed by atoms with Crippen LogP contribution in [0.5, 0.6) is 0 Å². The minimum absolute atomic E-state index is 0.183. The highest BCUT2D eigenvalue weighted by atomic mass is 79.9. The van der Waals surface area contributed by atoms with Gasteiger partial charge in [-0.15, -0.1) is 0 Å². The molecule has 0 aromatic heterocycles. The third kappa shape index (κ3) is 1.86. The van der Waals surface area contributed by atoms with Crippen LogP contribution in [-0.2, 0) is 0 Å². The molecule has 0 saturated carbocycles. The summed E-state index contributed by atoms with van der Waals surface area (Å²) in [4.78, 5) is 0. The van der Waals surface area contributed by atoms with E-state index < -0.39 is 0 Å². The Bertz CT molecular complexity index is 292. The van der Waals surface area contributed by atoms with Gasteiger partial charge in [0, 0.05) is 0 Å². The first kappa shape index (κ1) is 9.72. The molecule has 0 amide bonds. The minimum atomic E-state index is -0.183. The fraction of sp³-hybridized carbons (Fsp3) is 0.400. The molecule has 0 aliphatic heterocycles. The van der Waals surface area contributed by atoms with Gasteiger partial charge in [-0.1, -0.05) is 13.8 Å². The van der Waals surface area contributed by atoms with E-state index in [0.29, 0.717) is 10.4 Å². The van der Waals surface area contributed by atoms with Crippen LogP contribution >= 0.6 is 15.9 Å². The molecule has 0 nitrogen and oxygen atoms in total. The van der Waals surface area contributed by atoms with E-state index in [0.717, 1.165) is 5.56 Å². The van der Waals surface area contributed by atoms with Crippen molar-refractivity contribution in [2.24, 2.45) is 0 Å². The molecule has 1 aromatic rings. The van der Waals surface area contributed by atoms with Gasteiger partial charge < -0.3 is 0 Å². The zero-order valence-electron chi connectivity index (χ0n) is 7.49. The van der Waals surface area contributed by atoms with Crippen molar-refractivity contribution < 1.29 is 4.39 Å². The number of rotatable bonds is 1. The maximum atomic E-state index is 13.0. The Hall–Kier alpha value is -0.370. The first-order valence-corrected chi connectivity index (χ1v) is 4.77. The second-order valence-electron chi connectivity index (χ2n) is 3.28. The SMILES string of the molecule is Cc1cc(F)c(Br)cc1C(C)C. The zero-order valence-corrected chi connectivity index (χ0v) is 9.07. The highest BCUT2D eigenvalue weighted by Gasteiger charge is 2.07. The third-order valence-electron chi connectivity index (χ3n) is 1.93. The maximum Gasteiger partial charge on any atom is 0.137 e. The fourth-order valence-corrected chi connectivity index (χ4v) is 1.64. The predicted octanol–water partition coefficient (Wildman–Crippen LogP) is 4.02. The van der Waals surface area contributed by atoms with E-state index in [1.165, 1.54) is 5.56 Å². The summed E-state index contributed by atoms with van der Waals surface area (Å²) >= 11 is 3.17. The van der Waals surface area contributed by atoms with Gasteiger partial charge in [-0.3, -0.25) is 0 Å². The molecule has 1 aromatic carbocycles. The highest BCUT2D eigenvalue weighted by molar-refractivity contribution is 9.10. The molecule has 1 rings (SSSR count). The molecular formula is C10H12BrF. The first-order chi connectivity index (χ1) is 5.52. The zero-order chi connectivity index (χ0) is 9.30. The number of halogens is 2. The lowest BCUT2D eigenvalue weighted by Gasteiger charge is -2.10. The van der Waals surface area contributed by atoms with Crippen LogP contribution in [0, 0.1) is 12.7 Å². The first-order valence-electron chi connectivity index (χ1n) is 3.98. The number of aryl methyl sites for hydroxylation is 1. The van der Waals surface area contributed by atoms with Crippen molar-refractivity contribution in [2.45, 2.75) is 26.7 Å². The predicted molar refractivity (Wildman–Crippen MR) is 52.9 cm³/mol. The highest BCUT2D eigenvalue weighted by Crippen LogP contribution is 2.25. The standard InChI is InChI=1S/C10H12BrF/c1-6(2)8-5-9(11)10(12)4-7(8)3/h4-6H,1-3H3. The summed E-state index contributed by atoms with van der Waals surface area (Å²) in [6.45, 7) is 6.14. The van der Waals surface area contributed by atoms with Gasteiger partial charge in [0.15, 0.2) is 0 Å². The van der Waals surface area contributed by atoms with Crippen LogP contribution in [0.1, 0.15) is 30.9 Å². The summed E-state index contributed by atoms with van der Waals surface area (Å²) in [6, 6.07) is 3.43. The maximum absolute atomic E-state index is 13.0. The molecule has 0 spiro atoms. The fourth-order valence-electron chi connectivity index (χ4n) is 1.28. The van der Waals surface area contributed by atoms with Gasteiger partial charge in [-0.25, -0.2) is 4.39 Å². The van der Waals surface area contributed by atoms with Gasteiger partial charge in [-0.05, 0) is 52.0 Å². The van der Waals surface area contributed by atoms with Gasteiger partial charge in [-0.2, -0.15) is 0 Å². The molecule has 66 valence electrons. The average molecular weight is 231 g/mol. The quantitative estimate of drug-likeness (QED) is 0.684. The molecule has 0 unspecified atom stereocenters. The van der Waals surface area contributed by atoms with Crippen molar-refractivity contribution in [3.63, 3.8) is 0 Å². The summed E-state index contributed by atoms with van der Waals surface area (Å²) in [7, 11) is 0. The van der Waals surface area contributed by atoms with E-state index in [-0.39, 0.29) is 5.82 Å². The van der Waals surface area contributed by atoms with E-state index in [9.17, 15) is 4.39 Å². The molecule has 0 aliphatic carbocycles.